The van der Waals surface area contributed by atoms with Crippen LogP contribution in [0.2, 0.25) is 5.02 Å². The smallest absolute Gasteiger partial charge is 0.337 e. The van der Waals surface area contributed by atoms with E-state index in [2.05, 4.69) is 22.0 Å². The molecule has 0 bridgehead atoms. The summed E-state index contributed by atoms with van der Waals surface area (Å²) in [7, 11) is 0. The van der Waals surface area contributed by atoms with Gasteiger partial charge in [-0.1, -0.05) is 23.4 Å². The number of aromatic carboxylic acids is 1. The van der Waals surface area contributed by atoms with Crippen LogP contribution in [0.4, 0.5) is 0 Å². The van der Waals surface area contributed by atoms with Gasteiger partial charge in [-0.15, -0.1) is 0 Å². The van der Waals surface area contributed by atoms with Gasteiger partial charge in [-0.2, -0.15) is 5.26 Å². The van der Waals surface area contributed by atoms with E-state index in [4.69, 9.17) is 22.0 Å². The molecule has 100 valence electrons. The number of nitrogens with zero attached hydrogens (tertiary/aromatic N) is 1. The van der Waals surface area contributed by atoms with Crippen LogP contribution < -0.4 is 0 Å². The van der Waals surface area contributed by atoms with E-state index in [0.29, 0.717) is 5.56 Å². The molecule has 0 aliphatic carbocycles. The Labute approximate surface area is 133 Å². The lowest BCUT2D eigenvalue weighted by Crippen LogP contribution is -1.97. The molecular formula is C14H7BrClNO2S. The summed E-state index contributed by atoms with van der Waals surface area (Å²) in [6.07, 6.45) is 0. The van der Waals surface area contributed by atoms with Crippen molar-refractivity contribution >= 4 is 45.3 Å². The van der Waals surface area contributed by atoms with Gasteiger partial charge in [0.15, 0.2) is 0 Å². The SMILES string of the molecule is N#Cc1ccc(Sc2ccc(Cl)c(C(=O)O)c2)c(Br)c1. The van der Waals surface area contributed by atoms with Gasteiger partial charge in [0.2, 0.25) is 0 Å². The van der Waals surface area contributed by atoms with Gasteiger partial charge < -0.3 is 5.11 Å². The Morgan fingerprint density at radius 3 is 2.65 bits per heavy atom. The number of hydrogen-bond acceptors (Lipinski definition) is 3. The summed E-state index contributed by atoms with van der Waals surface area (Å²) >= 11 is 10.6. The molecule has 0 unspecified atom stereocenters. The van der Waals surface area contributed by atoms with Gasteiger partial charge in [0.1, 0.15) is 0 Å². The highest BCUT2D eigenvalue weighted by Crippen LogP contribution is 2.35. The van der Waals surface area contributed by atoms with Crippen LogP contribution in [0, 0.1) is 11.3 Å². The lowest BCUT2D eigenvalue weighted by molar-refractivity contribution is 0.0697. The minimum atomic E-state index is -1.06. The van der Waals surface area contributed by atoms with Crippen molar-refractivity contribution in [2.75, 3.05) is 0 Å². The second-order valence-corrected chi connectivity index (χ2v) is 6.18. The Hall–Kier alpha value is -1.48. The van der Waals surface area contributed by atoms with Crippen molar-refractivity contribution in [1.82, 2.24) is 0 Å². The van der Waals surface area contributed by atoms with E-state index in [9.17, 15) is 4.79 Å². The monoisotopic (exact) mass is 367 g/mol. The molecule has 0 saturated carbocycles. The first kappa shape index (κ1) is 14.9. The van der Waals surface area contributed by atoms with Crippen LogP contribution >= 0.6 is 39.3 Å². The fraction of sp³-hybridized carbons (Fsp3) is 0. The lowest BCUT2D eigenvalue weighted by atomic mass is 10.2. The zero-order chi connectivity index (χ0) is 14.7. The number of carbonyl (C=O) groups is 1. The molecule has 0 spiro atoms. The summed E-state index contributed by atoms with van der Waals surface area (Å²) < 4.78 is 0.786. The molecule has 0 fully saturated rings. The second-order valence-electron chi connectivity index (χ2n) is 3.81. The number of benzene rings is 2. The minimum absolute atomic E-state index is 0.0708. The minimum Gasteiger partial charge on any atom is -0.478 e. The van der Waals surface area contributed by atoms with Crippen LogP contribution in [0.3, 0.4) is 0 Å². The summed E-state index contributed by atoms with van der Waals surface area (Å²) in [5, 5.41) is 18.1. The van der Waals surface area contributed by atoms with Crippen molar-refractivity contribution in [3.8, 4) is 6.07 Å². The van der Waals surface area contributed by atoms with Gasteiger partial charge in [0.05, 0.1) is 22.2 Å². The number of carboxylic acids is 1. The molecule has 0 aliphatic heterocycles. The first-order valence-corrected chi connectivity index (χ1v) is 7.40. The predicted molar refractivity (Wildman–Crippen MR) is 81.4 cm³/mol. The molecule has 0 atom stereocenters. The van der Waals surface area contributed by atoms with Crippen LogP contribution in [-0.4, -0.2) is 11.1 Å². The molecular weight excluding hydrogens is 362 g/mol. The number of rotatable bonds is 3. The molecule has 2 aromatic carbocycles. The number of halogens is 2. The maximum Gasteiger partial charge on any atom is 0.337 e. The molecule has 6 heteroatoms. The largest absolute Gasteiger partial charge is 0.478 e. The highest BCUT2D eigenvalue weighted by atomic mass is 79.9. The average Bonchev–Trinajstić information content (AvgIpc) is 2.42. The van der Waals surface area contributed by atoms with Crippen LogP contribution in [0.1, 0.15) is 15.9 Å². The molecule has 0 aliphatic rings. The summed E-state index contributed by atoms with van der Waals surface area (Å²) in [4.78, 5) is 12.7. The van der Waals surface area contributed by atoms with Crippen LogP contribution in [0.15, 0.2) is 50.7 Å². The standard InChI is InChI=1S/C14H7BrClNO2S/c15-11-5-8(7-17)1-4-13(11)20-9-2-3-12(16)10(6-9)14(18)19/h1-6H,(H,18,19). The quantitative estimate of drug-likeness (QED) is 0.843. The van der Waals surface area contributed by atoms with Gasteiger partial charge in [-0.25, -0.2) is 4.79 Å². The summed E-state index contributed by atoms with van der Waals surface area (Å²) in [5.41, 5.74) is 0.630. The van der Waals surface area contributed by atoms with Gasteiger partial charge in [-0.3, -0.25) is 0 Å². The molecule has 0 saturated heterocycles. The van der Waals surface area contributed by atoms with Crippen molar-refractivity contribution in [2.24, 2.45) is 0 Å². The molecule has 0 aromatic heterocycles. The van der Waals surface area contributed by atoms with Gasteiger partial charge >= 0.3 is 5.97 Å². The first-order valence-electron chi connectivity index (χ1n) is 5.41. The average molecular weight is 369 g/mol. The Balaban J connectivity index is 2.33. The zero-order valence-electron chi connectivity index (χ0n) is 9.93. The third-order valence-corrected chi connectivity index (χ3v) is 4.77. The lowest BCUT2D eigenvalue weighted by Gasteiger charge is -2.06. The number of carboxylic acid groups (broad SMARTS) is 1. The van der Waals surface area contributed by atoms with Crippen molar-refractivity contribution in [3.05, 3.63) is 57.0 Å². The summed E-state index contributed by atoms with van der Waals surface area (Å²) in [6.45, 7) is 0. The van der Waals surface area contributed by atoms with E-state index in [-0.39, 0.29) is 10.6 Å². The van der Waals surface area contributed by atoms with E-state index in [1.54, 1.807) is 24.3 Å². The third kappa shape index (κ3) is 3.34. The Morgan fingerprint density at radius 1 is 1.30 bits per heavy atom. The maximum absolute atomic E-state index is 11.0. The molecule has 20 heavy (non-hydrogen) atoms. The van der Waals surface area contributed by atoms with Crippen molar-refractivity contribution in [3.63, 3.8) is 0 Å². The fourth-order valence-corrected chi connectivity index (χ4v) is 3.19. The predicted octanol–water partition coefficient (Wildman–Crippen LogP) is 4.82. The van der Waals surface area contributed by atoms with Crippen LogP contribution in [0.25, 0.3) is 0 Å². The molecule has 2 aromatic rings. The molecule has 0 amide bonds. The van der Waals surface area contributed by atoms with Gasteiger partial charge in [0, 0.05) is 14.3 Å². The zero-order valence-corrected chi connectivity index (χ0v) is 13.1. The van der Waals surface area contributed by atoms with E-state index in [1.807, 2.05) is 6.07 Å². The van der Waals surface area contributed by atoms with Gasteiger partial charge in [-0.05, 0) is 52.3 Å². The van der Waals surface area contributed by atoms with Crippen molar-refractivity contribution in [2.45, 2.75) is 9.79 Å². The summed E-state index contributed by atoms with van der Waals surface area (Å²) in [6, 6.07) is 12.1. The molecule has 3 nitrogen and oxygen atoms in total. The second kappa shape index (κ2) is 6.31. The van der Waals surface area contributed by atoms with Gasteiger partial charge in [0.25, 0.3) is 0 Å². The van der Waals surface area contributed by atoms with E-state index in [0.717, 1.165) is 14.3 Å². The Bertz CT molecular complexity index is 728. The van der Waals surface area contributed by atoms with E-state index >= 15 is 0 Å². The fourth-order valence-electron chi connectivity index (χ4n) is 1.51. The Morgan fingerprint density at radius 2 is 2.05 bits per heavy atom. The first-order chi connectivity index (χ1) is 9.51. The van der Waals surface area contributed by atoms with Crippen LogP contribution in [0.5, 0.6) is 0 Å². The topological polar surface area (TPSA) is 61.1 Å². The van der Waals surface area contributed by atoms with E-state index < -0.39 is 5.97 Å². The Kier molecular flexibility index (Phi) is 4.71. The van der Waals surface area contributed by atoms with Crippen molar-refractivity contribution < 1.29 is 9.90 Å². The van der Waals surface area contributed by atoms with Crippen molar-refractivity contribution in [1.29, 1.82) is 5.26 Å². The third-order valence-electron chi connectivity index (χ3n) is 2.46. The normalized spacial score (nSPS) is 10.1. The van der Waals surface area contributed by atoms with Crippen LogP contribution in [-0.2, 0) is 0 Å². The number of nitriles is 1. The maximum atomic E-state index is 11.0. The number of hydrogen-bond donors (Lipinski definition) is 1. The molecule has 0 radical (unpaired) electrons. The summed E-state index contributed by atoms with van der Waals surface area (Å²) in [5.74, 6) is -1.06. The molecule has 0 heterocycles. The van der Waals surface area contributed by atoms with E-state index in [1.165, 1.54) is 17.8 Å². The highest BCUT2D eigenvalue weighted by Gasteiger charge is 2.11. The molecule has 1 N–H and O–H groups in total. The molecule has 2 rings (SSSR count). The highest BCUT2D eigenvalue weighted by molar-refractivity contribution is 9.10.